The van der Waals surface area contributed by atoms with Gasteiger partial charge in [-0.2, -0.15) is 0 Å². The van der Waals surface area contributed by atoms with Crippen LogP contribution in [0.1, 0.15) is 31.5 Å². The number of amides is 1. The summed E-state index contributed by atoms with van der Waals surface area (Å²) in [7, 11) is 3.67. The molecule has 1 amide bonds. The SMILES string of the molecule is COc1ccc2nc(CNC(=O)[C@H]3CCCCCN3C)[nH]c2c1. The van der Waals surface area contributed by atoms with Gasteiger partial charge in [-0.05, 0) is 38.6 Å². The number of imidazole rings is 1. The molecule has 2 N–H and O–H groups in total. The predicted molar refractivity (Wildman–Crippen MR) is 89.4 cm³/mol. The second-order valence-corrected chi connectivity index (χ2v) is 6.13. The van der Waals surface area contributed by atoms with Gasteiger partial charge in [0.25, 0.3) is 0 Å². The highest BCUT2D eigenvalue weighted by atomic mass is 16.5. The Morgan fingerprint density at radius 3 is 3.13 bits per heavy atom. The Kier molecular flexibility index (Phi) is 4.81. The molecule has 1 atom stereocenters. The monoisotopic (exact) mass is 316 g/mol. The average Bonchev–Trinajstić information content (AvgIpc) is 2.84. The molecule has 23 heavy (non-hydrogen) atoms. The van der Waals surface area contributed by atoms with Gasteiger partial charge >= 0.3 is 0 Å². The van der Waals surface area contributed by atoms with E-state index in [1.165, 1.54) is 12.8 Å². The molecule has 0 spiro atoms. The highest BCUT2D eigenvalue weighted by Crippen LogP contribution is 2.19. The Hall–Kier alpha value is -2.08. The zero-order valence-electron chi connectivity index (χ0n) is 13.8. The van der Waals surface area contributed by atoms with Crippen LogP contribution in [0.3, 0.4) is 0 Å². The Labute approximate surface area is 136 Å². The largest absolute Gasteiger partial charge is 0.497 e. The molecule has 124 valence electrons. The summed E-state index contributed by atoms with van der Waals surface area (Å²) in [6, 6.07) is 5.68. The number of carbonyl (C=O) groups excluding carboxylic acids is 1. The van der Waals surface area contributed by atoms with Crippen molar-refractivity contribution < 1.29 is 9.53 Å². The van der Waals surface area contributed by atoms with Gasteiger partial charge in [0.1, 0.15) is 11.6 Å². The second-order valence-electron chi connectivity index (χ2n) is 6.13. The second kappa shape index (κ2) is 7.00. The van der Waals surface area contributed by atoms with Gasteiger partial charge in [-0.1, -0.05) is 12.8 Å². The maximum atomic E-state index is 12.4. The number of nitrogens with one attached hydrogen (secondary N) is 2. The van der Waals surface area contributed by atoms with E-state index >= 15 is 0 Å². The van der Waals surface area contributed by atoms with Gasteiger partial charge in [-0.15, -0.1) is 0 Å². The minimum Gasteiger partial charge on any atom is -0.497 e. The lowest BCUT2D eigenvalue weighted by Crippen LogP contribution is -2.44. The number of likely N-dealkylation sites (N-methyl/N-ethyl adjacent to an activating group) is 1. The number of H-pyrrole nitrogens is 1. The van der Waals surface area contributed by atoms with E-state index in [9.17, 15) is 4.79 Å². The normalized spacial score (nSPS) is 19.5. The topological polar surface area (TPSA) is 70.2 Å². The lowest BCUT2D eigenvalue weighted by atomic mass is 10.1. The van der Waals surface area contributed by atoms with Crippen molar-refractivity contribution in [2.75, 3.05) is 20.7 Å². The van der Waals surface area contributed by atoms with Crippen molar-refractivity contribution in [3.05, 3.63) is 24.0 Å². The molecule has 2 heterocycles. The maximum absolute atomic E-state index is 12.4. The molecule has 1 aliphatic rings. The van der Waals surface area contributed by atoms with Gasteiger partial charge in [0, 0.05) is 6.07 Å². The van der Waals surface area contributed by atoms with E-state index in [-0.39, 0.29) is 11.9 Å². The lowest BCUT2D eigenvalue weighted by Gasteiger charge is -2.24. The number of hydrogen-bond acceptors (Lipinski definition) is 4. The summed E-state index contributed by atoms with van der Waals surface area (Å²) in [5.74, 6) is 1.64. The standard InChI is InChI=1S/C17H24N4O2/c1-21-9-5-3-4-6-15(21)17(22)18-11-16-19-13-8-7-12(23-2)10-14(13)20-16/h7-8,10,15H,3-6,9,11H2,1-2H3,(H,18,22)(H,19,20)/t15-/m1/s1. The zero-order chi connectivity index (χ0) is 16.2. The fourth-order valence-electron chi connectivity index (χ4n) is 3.12. The van der Waals surface area contributed by atoms with Gasteiger partial charge in [-0.3, -0.25) is 9.69 Å². The van der Waals surface area contributed by atoms with Gasteiger partial charge in [0.15, 0.2) is 0 Å². The first-order valence-electron chi connectivity index (χ1n) is 8.18. The minimum atomic E-state index is -0.0260. The van der Waals surface area contributed by atoms with Crippen LogP contribution in [-0.2, 0) is 11.3 Å². The third kappa shape index (κ3) is 3.64. The van der Waals surface area contributed by atoms with E-state index in [2.05, 4.69) is 20.2 Å². The summed E-state index contributed by atoms with van der Waals surface area (Å²) >= 11 is 0. The number of carbonyl (C=O) groups is 1. The molecule has 6 nitrogen and oxygen atoms in total. The molecule has 3 rings (SSSR count). The molecule has 1 aromatic heterocycles. The zero-order valence-corrected chi connectivity index (χ0v) is 13.8. The first-order valence-corrected chi connectivity index (χ1v) is 8.18. The molecular weight excluding hydrogens is 292 g/mol. The molecular formula is C17H24N4O2. The number of nitrogens with zero attached hydrogens (tertiary/aromatic N) is 2. The van der Waals surface area contributed by atoms with E-state index in [1.54, 1.807) is 7.11 Å². The lowest BCUT2D eigenvalue weighted by molar-refractivity contribution is -0.126. The molecule has 0 unspecified atom stereocenters. The van der Waals surface area contributed by atoms with Crippen LogP contribution in [-0.4, -0.2) is 47.5 Å². The summed E-state index contributed by atoms with van der Waals surface area (Å²) in [6.45, 7) is 1.41. The third-order valence-corrected chi connectivity index (χ3v) is 4.49. The third-order valence-electron chi connectivity index (χ3n) is 4.49. The number of aromatic amines is 1. The van der Waals surface area contributed by atoms with Crippen LogP contribution in [0.2, 0.25) is 0 Å². The average molecular weight is 316 g/mol. The molecule has 6 heteroatoms. The van der Waals surface area contributed by atoms with E-state index in [0.29, 0.717) is 6.54 Å². The molecule has 2 aromatic rings. The maximum Gasteiger partial charge on any atom is 0.237 e. The number of likely N-dealkylation sites (tertiary alicyclic amines) is 1. The van der Waals surface area contributed by atoms with E-state index in [4.69, 9.17) is 4.74 Å². The Bertz CT molecular complexity index is 682. The Balaban J connectivity index is 1.64. The van der Waals surface area contributed by atoms with Crippen molar-refractivity contribution in [2.45, 2.75) is 38.3 Å². The number of hydrogen-bond donors (Lipinski definition) is 2. The number of rotatable bonds is 4. The first kappa shape index (κ1) is 15.8. The number of aromatic nitrogens is 2. The summed E-state index contributed by atoms with van der Waals surface area (Å²) in [6.07, 6.45) is 4.43. The summed E-state index contributed by atoms with van der Waals surface area (Å²) in [5.41, 5.74) is 1.79. The van der Waals surface area contributed by atoms with E-state index in [0.717, 1.165) is 42.0 Å². The van der Waals surface area contributed by atoms with Crippen LogP contribution in [0.15, 0.2) is 18.2 Å². The first-order chi connectivity index (χ1) is 11.2. The molecule has 1 saturated heterocycles. The minimum absolute atomic E-state index is 0.0260. The predicted octanol–water partition coefficient (Wildman–Crippen LogP) is 2.06. The van der Waals surface area contributed by atoms with Crippen molar-refractivity contribution in [1.29, 1.82) is 0 Å². The number of methoxy groups -OCH3 is 1. The van der Waals surface area contributed by atoms with Crippen LogP contribution in [0.25, 0.3) is 11.0 Å². The van der Waals surface area contributed by atoms with Crippen LogP contribution in [0.5, 0.6) is 5.75 Å². The van der Waals surface area contributed by atoms with Crippen LogP contribution in [0.4, 0.5) is 0 Å². The Morgan fingerprint density at radius 1 is 1.43 bits per heavy atom. The van der Waals surface area contributed by atoms with E-state index < -0.39 is 0 Å². The smallest absolute Gasteiger partial charge is 0.237 e. The quantitative estimate of drug-likeness (QED) is 0.906. The molecule has 0 aliphatic carbocycles. The summed E-state index contributed by atoms with van der Waals surface area (Å²) in [5, 5.41) is 3.01. The molecule has 1 fully saturated rings. The van der Waals surface area contributed by atoms with Gasteiger partial charge in [0.05, 0.1) is 30.7 Å². The van der Waals surface area contributed by atoms with Crippen LogP contribution < -0.4 is 10.1 Å². The molecule has 0 saturated carbocycles. The van der Waals surface area contributed by atoms with E-state index in [1.807, 2.05) is 25.2 Å². The van der Waals surface area contributed by atoms with Crippen LogP contribution >= 0.6 is 0 Å². The number of benzene rings is 1. The molecule has 1 aliphatic heterocycles. The number of ether oxygens (including phenoxy) is 1. The highest BCUT2D eigenvalue weighted by molar-refractivity contribution is 5.82. The van der Waals surface area contributed by atoms with Crippen molar-refractivity contribution in [2.24, 2.45) is 0 Å². The summed E-state index contributed by atoms with van der Waals surface area (Å²) < 4.78 is 5.21. The van der Waals surface area contributed by atoms with Gasteiger partial charge in [0.2, 0.25) is 5.91 Å². The van der Waals surface area contributed by atoms with Gasteiger partial charge in [-0.25, -0.2) is 4.98 Å². The number of fused-ring (bicyclic) bond motifs is 1. The molecule has 0 radical (unpaired) electrons. The Morgan fingerprint density at radius 2 is 2.30 bits per heavy atom. The van der Waals surface area contributed by atoms with Crippen molar-refractivity contribution >= 4 is 16.9 Å². The fraction of sp³-hybridized carbons (Fsp3) is 0.529. The summed E-state index contributed by atoms with van der Waals surface area (Å²) in [4.78, 5) is 22.3. The molecule has 1 aromatic carbocycles. The fourth-order valence-corrected chi connectivity index (χ4v) is 3.12. The molecule has 0 bridgehead atoms. The van der Waals surface area contributed by atoms with Crippen molar-refractivity contribution in [3.63, 3.8) is 0 Å². The highest BCUT2D eigenvalue weighted by Gasteiger charge is 2.24. The van der Waals surface area contributed by atoms with Crippen molar-refractivity contribution in [3.8, 4) is 5.75 Å². The van der Waals surface area contributed by atoms with Crippen molar-refractivity contribution in [1.82, 2.24) is 20.2 Å². The van der Waals surface area contributed by atoms with Crippen LogP contribution in [0, 0.1) is 0 Å². The van der Waals surface area contributed by atoms with Gasteiger partial charge < -0.3 is 15.0 Å².